The molecule has 0 bridgehead atoms. The molecular weight excluding hydrogens is 333 g/mol. The number of likely N-dealkylation sites (tertiary alicyclic amines) is 1. The Hall–Kier alpha value is -0.810. The molecule has 6 heteroatoms. The summed E-state index contributed by atoms with van der Waals surface area (Å²) < 4.78 is 0. The van der Waals surface area contributed by atoms with Crippen LogP contribution in [0.3, 0.4) is 0 Å². The molecule has 0 aliphatic carbocycles. The molecular formula is C17H27Cl2N3O. The number of halogens is 2. The van der Waals surface area contributed by atoms with Gasteiger partial charge in [-0.3, -0.25) is 9.69 Å². The third-order valence-corrected chi connectivity index (χ3v) is 4.43. The second kappa shape index (κ2) is 10.1. The summed E-state index contributed by atoms with van der Waals surface area (Å²) in [7, 11) is 0. The van der Waals surface area contributed by atoms with Gasteiger partial charge >= 0.3 is 0 Å². The molecule has 1 amide bonds. The van der Waals surface area contributed by atoms with Gasteiger partial charge in [0.15, 0.2) is 0 Å². The lowest BCUT2D eigenvalue weighted by molar-refractivity contribution is -0.118. The van der Waals surface area contributed by atoms with Gasteiger partial charge in [0.1, 0.15) is 0 Å². The molecule has 2 aliphatic heterocycles. The molecule has 2 fully saturated rings. The lowest BCUT2D eigenvalue weighted by Gasteiger charge is -2.22. The highest BCUT2D eigenvalue weighted by Crippen LogP contribution is 2.17. The van der Waals surface area contributed by atoms with E-state index in [4.69, 9.17) is 0 Å². The Morgan fingerprint density at radius 3 is 2.65 bits per heavy atom. The van der Waals surface area contributed by atoms with Gasteiger partial charge in [-0.2, -0.15) is 0 Å². The van der Waals surface area contributed by atoms with Gasteiger partial charge in [-0.1, -0.05) is 18.6 Å². The van der Waals surface area contributed by atoms with Crippen LogP contribution in [0.5, 0.6) is 0 Å². The van der Waals surface area contributed by atoms with Gasteiger partial charge in [0.2, 0.25) is 5.91 Å². The summed E-state index contributed by atoms with van der Waals surface area (Å²) in [5.74, 6) is 0.105. The number of nitrogens with zero attached hydrogens (tertiary/aromatic N) is 1. The highest BCUT2D eigenvalue weighted by atomic mass is 35.5. The molecule has 2 saturated heterocycles. The average Bonchev–Trinajstić information content (AvgIpc) is 3.01. The van der Waals surface area contributed by atoms with Crippen LogP contribution in [0, 0.1) is 0 Å². The molecule has 1 aromatic carbocycles. The Labute approximate surface area is 151 Å². The van der Waals surface area contributed by atoms with Gasteiger partial charge in [-0.15, -0.1) is 24.8 Å². The van der Waals surface area contributed by atoms with Crippen LogP contribution in [0.2, 0.25) is 0 Å². The molecule has 3 rings (SSSR count). The topological polar surface area (TPSA) is 44.4 Å². The van der Waals surface area contributed by atoms with E-state index in [-0.39, 0.29) is 36.8 Å². The summed E-state index contributed by atoms with van der Waals surface area (Å²) in [5.41, 5.74) is 2.20. The Morgan fingerprint density at radius 1 is 1.17 bits per heavy atom. The smallest absolute Gasteiger partial charge is 0.241 e. The van der Waals surface area contributed by atoms with Crippen molar-refractivity contribution in [1.29, 1.82) is 0 Å². The second-order valence-electron chi connectivity index (χ2n) is 6.18. The molecule has 2 heterocycles. The first-order valence-electron chi connectivity index (χ1n) is 8.17. The van der Waals surface area contributed by atoms with E-state index < -0.39 is 0 Å². The number of carbonyl (C=O) groups is 1. The van der Waals surface area contributed by atoms with Crippen LogP contribution in [0.25, 0.3) is 0 Å². The van der Waals surface area contributed by atoms with Crippen molar-refractivity contribution in [3.8, 4) is 0 Å². The lowest BCUT2D eigenvalue weighted by Crippen LogP contribution is -2.43. The molecule has 0 aromatic heterocycles. The van der Waals surface area contributed by atoms with E-state index in [1.54, 1.807) is 0 Å². The number of carbonyl (C=O) groups excluding carboxylic acids is 1. The quantitative estimate of drug-likeness (QED) is 0.867. The minimum Gasteiger partial charge on any atom is -0.325 e. The fraction of sp³-hybridized carbons (Fsp3) is 0.588. The Kier molecular flexibility index (Phi) is 8.92. The van der Waals surface area contributed by atoms with Crippen LogP contribution in [0.4, 0.5) is 5.69 Å². The van der Waals surface area contributed by atoms with E-state index in [9.17, 15) is 4.79 Å². The number of nitrogens with one attached hydrogen (secondary N) is 2. The fourth-order valence-electron chi connectivity index (χ4n) is 3.25. The monoisotopic (exact) mass is 359 g/mol. The zero-order chi connectivity index (χ0) is 14.5. The van der Waals surface area contributed by atoms with E-state index in [1.165, 1.54) is 37.9 Å². The predicted octanol–water partition coefficient (Wildman–Crippen LogP) is 3.21. The SMILES string of the molecule is Cl.Cl.O=C(Nc1cccc(CN2CCCC2)c1)[C@@H]1CCCCN1. The van der Waals surface area contributed by atoms with Crippen molar-refractivity contribution < 1.29 is 4.79 Å². The number of amides is 1. The maximum atomic E-state index is 12.2. The van der Waals surface area contributed by atoms with Crippen LogP contribution >= 0.6 is 24.8 Å². The summed E-state index contributed by atoms with van der Waals surface area (Å²) in [6.45, 7) is 4.34. The summed E-state index contributed by atoms with van der Waals surface area (Å²) in [4.78, 5) is 14.7. The van der Waals surface area contributed by atoms with Crippen molar-refractivity contribution in [1.82, 2.24) is 10.2 Å². The van der Waals surface area contributed by atoms with E-state index in [0.717, 1.165) is 31.6 Å². The number of hydrogen-bond donors (Lipinski definition) is 2. The maximum Gasteiger partial charge on any atom is 0.241 e. The third-order valence-electron chi connectivity index (χ3n) is 4.43. The number of anilines is 1. The molecule has 23 heavy (non-hydrogen) atoms. The third kappa shape index (κ3) is 5.96. The Balaban J connectivity index is 0.00000132. The molecule has 0 radical (unpaired) electrons. The molecule has 130 valence electrons. The summed E-state index contributed by atoms with van der Waals surface area (Å²) >= 11 is 0. The van der Waals surface area contributed by atoms with E-state index >= 15 is 0 Å². The standard InChI is InChI=1S/C17H25N3O.2ClH/c21-17(16-8-1-2-9-18-16)19-15-7-5-6-14(12-15)13-20-10-3-4-11-20;;/h5-7,12,16,18H,1-4,8-11,13H2,(H,19,21);2*1H/t16-;;/m0../s1. The molecule has 0 spiro atoms. The first kappa shape index (κ1) is 20.2. The number of hydrogen-bond acceptors (Lipinski definition) is 3. The highest BCUT2D eigenvalue weighted by molar-refractivity contribution is 5.94. The van der Waals surface area contributed by atoms with E-state index in [2.05, 4.69) is 27.7 Å². The molecule has 0 saturated carbocycles. The first-order valence-corrected chi connectivity index (χ1v) is 8.17. The number of rotatable bonds is 4. The lowest BCUT2D eigenvalue weighted by atomic mass is 10.0. The minimum absolute atomic E-state index is 0. The van der Waals surface area contributed by atoms with Gasteiger partial charge in [0.25, 0.3) is 0 Å². The predicted molar refractivity (Wildman–Crippen MR) is 99.7 cm³/mol. The molecule has 2 aliphatic rings. The summed E-state index contributed by atoms with van der Waals surface area (Å²) in [5, 5.41) is 6.35. The van der Waals surface area contributed by atoms with Crippen molar-refractivity contribution in [2.45, 2.75) is 44.7 Å². The molecule has 1 atom stereocenters. The molecule has 4 nitrogen and oxygen atoms in total. The number of benzene rings is 1. The Morgan fingerprint density at radius 2 is 1.96 bits per heavy atom. The van der Waals surface area contributed by atoms with Crippen LogP contribution in [0.15, 0.2) is 24.3 Å². The maximum absolute atomic E-state index is 12.2. The summed E-state index contributed by atoms with van der Waals surface area (Å²) in [6.07, 6.45) is 5.88. The summed E-state index contributed by atoms with van der Waals surface area (Å²) in [6, 6.07) is 8.25. The minimum atomic E-state index is -0.0269. The van der Waals surface area contributed by atoms with Gasteiger partial charge < -0.3 is 10.6 Å². The second-order valence-corrected chi connectivity index (χ2v) is 6.18. The van der Waals surface area contributed by atoms with E-state index in [1.807, 2.05) is 12.1 Å². The highest BCUT2D eigenvalue weighted by Gasteiger charge is 2.20. The van der Waals surface area contributed by atoms with Crippen molar-refractivity contribution in [2.24, 2.45) is 0 Å². The number of piperidine rings is 1. The molecule has 0 unspecified atom stereocenters. The van der Waals surface area contributed by atoms with E-state index in [0.29, 0.717) is 0 Å². The largest absolute Gasteiger partial charge is 0.325 e. The fourth-order valence-corrected chi connectivity index (χ4v) is 3.25. The first-order chi connectivity index (χ1) is 10.3. The van der Waals surface area contributed by atoms with Gasteiger partial charge in [0, 0.05) is 12.2 Å². The van der Waals surface area contributed by atoms with Crippen molar-refractivity contribution in [3.63, 3.8) is 0 Å². The molecule has 1 aromatic rings. The van der Waals surface area contributed by atoms with Crippen molar-refractivity contribution in [2.75, 3.05) is 25.0 Å². The van der Waals surface area contributed by atoms with Crippen LogP contribution in [-0.4, -0.2) is 36.5 Å². The zero-order valence-corrected chi connectivity index (χ0v) is 15.1. The van der Waals surface area contributed by atoms with Crippen molar-refractivity contribution in [3.05, 3.63) is 29.8 Å². The van der Waals surface area contributed by atoms with Crippen molar-refractivity contribution >= 4 is 36.4 Å². The zero-order valence-electron chi connectivity index (χ0n) is 13.4. The van der Waals surface area contributed by atoms with Crippen LogP contribution < -0.4 is 10.6 Å². The Bertz CT molecular complexity index is 486. The van der Waals surface area contributed by atoms with Gasteiger partial charge in [-0.25, -0.2) is 0 Å². The average molecular weight is 360 g/mol. The molecule has 2 N–H and O–H groups in total. The van der Waals surface area contributed by atoms with Gasteiger partial charge in [-0.05, 0) is 63.0 Å². The normalized spacial score (nSPS) is 21.1. The van der Waals surface area contributed by atoms with Crippen LogP contribution in [-0.2, 0) is 11.3 Å². The van der Waals surface area contributed by atoms with Gasteiger partial charge in [0.05, 0.1) is 6.04 Å². The van der Waals surface area contributed by atoms with Crippen LogP contribution in [0.1, 0.15) is 37.7 Å².